The first kappa shape index (κ1) is 13.2. The number of nitrogens with one attached hydrogen (secondary N) is 1. The number of thiophene rings is 1. The normalized spacial score (nSPS) is 19.3. The highest BCUT2D eigenvalue weighted by Gasteiger charge is 2.18. The van der Waals surface area contributed by atoms with E-state index in [2.05, 4.69) is 16.4 Å². The van der Waals surface area contributed by atoms with E-state index in [1.807, 2.05) is 0 Å². The lowest BCUT2D eigenvalue weighted by atomic mass is 10.00. The minimum Gasteiger partial charge on any atom is -0.301 e. The smallest absolute Gasteiger partial charge is 0.267 e. The number of nitrogens with zero attached hydrogens (tertiary/aromatic N) is 1. The fourth-order valence-electron chi connectivity index (χ4n) is 2.53. The number of aryl methyl sites for hydroxylation is 2. The lowest BCUT2D eigenvalue weighted by Crippen LogP contribution is -2.26. The molecular weight excluding hydrogens is 276 g/mol. The van der Waals surface area contributed by atoms with Crippen molar-refractivity contribution in [3.63, 3.8) is 0 Å². The molecule has 1 amide bonds. The van der Waals surface area contributed by atoms with Gasteiger partial charge in [0.1, 0.15) is 0 Å². The third-order valence-electron chi connectivity index (χ3n) is 3.53. The SMILES string of the molecule is O=C(NC1=NCCS1)c1cc2c(s1)CCCCCC2. The number of fused-ring (bicyclic) bond motifs is 1. The Labute approximate surface area is 121 Å². The van der Waals surface area contributed by atoms with Crippen molar-refractivity contribution in [2.75, 3.05) is 12.3 Å². The molecule has 0 aromatic carbocycles. The Hall–Kier alpha value is -0.810. The van der Waals surface area contributed by atoms with Crippen molar-refractivity contribution in [2.45, 2.75) is 38.5 Å². The fraction of sp³-hybridized carbons (Fsp3) is 0.571. The summed E-state index contributed by atoms with van der Waals surface area (Å²) in [4.78, 5) is 18.7. The molecule has 19 heavy (non-hydrogen) atoms. The second-order valence-corrected chi connectivity index (χ2v) is 7.18. The van der Waals surface area contributed by atoms with Gasteiger partial charge in [0.15, 0.2) is 5.17 Å². The van der Waals surface area contributed by atoms with Crippen LogP contribution in [0.15, 0.2) is 11.1 Å². The predicted molar refractivity (Wildman–Crippen MR) is 82.4 cm³/mol. The fourth-order valence-corrected chi connectivity index (χ4v) is 4.40. The molecule has 0 saturated carbocycles. The summed E-state index contributed by atoms with van der Waals surface area (Å²) in [7, 11) is 0. The largest absolute Gasteiger partial charge is 0.301 e. The van der Waals surface area contributed by atoms with Crippen molar-refractivity contribution in [1.82, 2.24) is 5.32 Å². The number of carbonyl (C=O) groups is 1. The lowest BCUT2D eigenvalue weighted by Gasteiger charge is -2.07. The van der Waals surface area contributed by atoms with Gasteiger partial charge in [-0.25, -0.2) is 0 Å². The molecule has 2 aliphatic rings. The molecule has 3 rings (SSSR count). The van der Waals surface area contributed by atoms with Gasteiger partial charge in [-0.15, -0.1) is 11.3 Å². The maximum absolute atomic E-state index is 12.2. The highest BCUT2D eigenvalue weighted by atomic mass is 32.2. The summed E-state index contributed by atoms with van der Waals surface area (Å²) in [5.74, 6) is 1.00. The van der Waals surface area contributed by atoms with Crippen molar-refractivity contribution < 1.29 is 4.79 Å². The zero-order chi connectivity index (χ0) is 13.1. The van der Waals surface area contributed by atoms with Crippen molar-refractivity contribution in [3.05, 3.63) is 21.4 Å². The first-order valence-electron chi connectivity index (χ1n) is 6.93. The van der Waals surface area contributed by atoms with Crippen LogP contribution >= 0.6 is 23.1 Å². The predicted octanol–water partition coefficient (Wildman–Crippen LogP) is 3.24. The molecule has 1 aromatic rings. The zero-order valence-electron chi connectivity index (χ0n) is 10.9. The summed E-state index contributed by atoms with van der Waals surface area (Å²) in [6, 6.07) is 2.10. The highest BCUT2D eigenvalue weighted by molar-refractivity contribution is 8.14. The topological polar surface area (TPSA) is 41.5 Å². The van der Waals surface area contributed by atoms with Crippen LogP contribution < -0.4 is 5.32 Å². The third kappa shape index (κ3) is 3.20. The number of hydrogen-bond acceptors (Lipinski definition) is 4. The molecule has 5 heteroatoms. The number of hydrogen-bond donors (Lipinski definition) is 1. The van der Waals surface area contributed by atoms with Crippen molar-refractivity contribution >= 4 is 34.2 Å². The highest BCUT2D eigenvalue weighted by Crippen LogP contribution is 2.28. The molecule has 0 fully saturated rings. The first-order valence-corrected chi connectivity index (χ1v) is 8.73. The quantitative estimate of drug-likeness (QED) is 0.864. The average molecular weight is 294 g/mol. The maximum atomic E-state index is 12.2. The number of aliphatic imine (C=N–C) groups is 1. The van der Waals surface area contributed by atoms with Gasteiger partial charge in [0.25, 0.3) is 5.91 Å². The van der Waals surface area contributed by atoms with Crippen molar-refractivity contribution in [2.24, 2.45) is 4.99 Å². The lowest BCUT2D eigenvalue weighted by molar-refractivity contribution is 0.0982. The van der Waals surface area contributed by atoms with E-state index in [1.165, 1.54) is 36.1 Å². The van der Waals surface area contributed by atoms with Gasteiger partial charge in [-0.2, -0.15) is 0 Å². The number of rotatable bonds is 1. The standard InChI is InChI=1S/C14H18N2OS2/c17-13(16-14-15-7-8-18-14)12-9-10-5-3-1-2-4-6-11(10)19-12/h9H,1-8H2,(H,15,16,17). The van der Waals surface area contributed by atoms with Crippen LogP contribution in [0.3, 0.4) is 0 Å². The van der Waals surface area contributed by atoms with Crippen molar-refractivity contribution in [3.8, 4) is 0 Å². The molecule has 0 saturated heterocycles. The summed E-state index contributed by atoms with van der Waals surface area (Å²) < 4.78 is 0. The van der Waals surface area contributed by atoms with Crippen LogP contribution in [-0.4, -0.2) is 23.4 Å². The van der Waals surface area contributed by atoms with Crippen LogP contribution in [-0.2, 0) is 12.8 Å². The van der Waals surface area contributed by atoms with E-state index in [0.29, 0.717) is 0 Å². The van der Waals surface area contributed by atoms with Crippen molar-refractivity contribution in [1.29, 1.82) is 0 Å². The van der Waals surface area contributed by atoms with E-state index in [-0.39, 0.29) is 5.91 Å². The summed E-state index contributed by atoms with van der Waals surface area (Å²) >= 11 is 3.30. The molecule has 1 aromatic heterocycles. The van der Waals surface area contributed by atoms with E-state index < -0.39 is 0 Å². The minimum absolute atomic E-state index is 0.0184. The second kappa shape index (κ2) is 6.09. The number of carbonyl (C=O) groups excluding carboxylic acids is 1. The monoisotopic (exact) mass is 294 g/mol. The van der Waals surface area contributed by atoms with E-state index in [9.17, 15) is 4.79 Å². The molecule has 1 aliphatic carbocycles. The van der Waals surface area contributed by atoms with E-state index in [0.717, 1.165) is 35.2 Å². The summed E-state index contributed by atoms with van der Waals surface area (Å²) in [6.07, 6.45) is 7.44. The van der Waals surface area contributed by atoms with Gasteiger partial charge in [0.05, 0.1) is 11.4 Å². The van der Waals surface area contributed by atoms with Crippen LogP contribution in [0, 0.1) is 0 Å². The van der Waals surface area contributed by atoms with E-state index in [1.54, 1.807) is 23.1 Å². The van der Waals surface area contributed by atoms with Gasteiger partial charge in [-0.05, 0) is 37.3 Å². The zero-order valence-corrected chi connectivity index (χ0v) is 12.5. The average Bonchev–Trinajstić information content (AvgIpc) is 2.99. The Kier molecular flexibility index (Phi) is 4.23. The number of amidine groups is 1. The molecule has 1 aliphatic heterocycles. The molecule has 0 radical (unpaired) electrons. The van der Waals surface area contributed by atoms with Gasteiger partial charge in [-0.1, -0.05) is 24.6 Å². The Morgan fingerprint density at radius 2 is 2.05 bits per heavy atom. The van der Waals surface area contributed by atoms with Crippen LogP contribution in [0.25, 0.3) is 0 Å². The molecule has 0 spiro atoms. The Morgan fingerprint density at radius 1 is 1.21 bits per heavy atom. The van der Waals surface area contributed by atoms with Gasteiger partial charge in [0, 0.05) is 10.6 Å². The van der Waals surface area contributed by atoms with Crippen LogP contribution in [0.1, 0.15) is 45.8 Å². The molecular formula is C14H18N2OS2. The maximum Gasteiger partial charge on any atom is 0.267 e. The van der Waals surface area contributed by atoms with Crippen LogP contribution in [0.2, 0.25) is 0 Å². The van der Waals surface area contributed by atoms with Gasteiger partial charge < -0.3 is 5.32 Å². The summed E-state index contributed by atoms with van der Waals surface area (Å²) in [5, 5.41) is 3.70. The number of thioether (sulfide) groups is 1. The van der Waals surface area contributed by atoms with Gasteiger partial charge >= 0.3 is 0 Å². The second-order valence-electron chi connectivity index (χ2n) is 4.96. The van der Waals surface area contributed by atoms with Gasteiger partial charge in [0.2, 0.25) is 0 Å². The third-order valence-corrected chi connectivity index (χ3v) is 5.65. The first-order chi connectivity index (χ1) is 9.33. The molecule has 3 nitrogen and oxygen atoms in total. The Morgan fingerprint density at radius 3 is 2.84 bits per heavy atom. The van der Waals surface area contributed by atoms with E-state index in [4.69, 9.17) is 0 Å². The Bertz CT molecular complexity index is 482. The number of amides is 1. The van der Waals surface area contributed by atoms with Crippen LogP contribution in [0.5, 0.6) is 0 Å². The molecule has 2 heterocycles. The van der Waals surface area contributed by atoms with E-state index >= 15 is 0 Å². The minimum atomic E-state index is 0.0184. The summed E-state index contributed by atoms with van der Waals surface area (Å²) in [6.45, 7) is 0.821. The molecule has 0 bridgehead atoms. The Balaban J connectivity index is 1.73. The molecule has 102 valence electrons. The summed E-state index contributed by atoms with van der Waals surface area (Å²) in [5.41, 5.74) is 1.40. The molecule has 0 atom stereocenters. The van der Waals surface area contributed by atoms with Gasteiger partial charge in [-0.3, -0.25) is 9.79 Å². The van der Waals surface area contributed by atoms with Crippen LogP contribution in [0.4, 0.5) is 0 Å². The molecule has 0 unspecified atom stereocenters. The molecule has 1 N–H and O–H groups in total.